The molecule has 0 spiro atoms. The summed E-state index contributed by atoms with van der Waals surface area (Å²) in [6.45, 7) is 14.3. The number of rotatable bonds is 41. The highest BCUT2D eigenvalue weighted by Crippen LogP contribution is 2.62. The number of thiophene rings is 4. The molecule has 0 fully saturated rings. The van der Waals surface area contributed by atoms with Gasteiger partial charge in [0.2, 0.25) is 0 Å². The molecule has 2 nitrogen and oxygen atoms in total. The molecule has 1 aliphatic rings. The predicted molar refractivity (Wildman–Crippen MR) is 335 cm³/mol. The third-order valence-electron chi connectivity index (χ3n) is 16.8. The van der Waals surface area contributed by atoms with Gasteiger partial charge in [-0.25, -0.2) is 9.97 Å². The van der Waals surface area contributed by atoms with Crippen molar-refractivity contribution < 1.29 is 0 Å². The second-order valence-electron chi connectivity index (χ2n) is 22.5. The number of aryl methyl sites for hydroxylation is 2. The quantitative estimate of drug-likeness (QED) is 0.0358. The van der Waals surface area contributed by atoms with E-state index in [1.807, 2.05) is 56.7 Å². The minimum Gasteiger partial charge on any atom is -0.222 e. The van der Waals surface area contributed by atoms with Crippen LogP contribution in [-0.2, 0) is 18.3 Å². The first-order valence-corrected chi connectivity index (χ1v) is 35.7. The third kappa shape index (κ3) is 16.7. The number of nitrogens with zero attached hydrogens (tertiary/aromatic N) is 2. The molecule has 73 heavy (non-hydrogen) atoms. The van der Waals surface area contributed by atoms with Crippen LogP contribution in [0.15, 0.2) is 35.0 Å². The van der Waals surface area contributed by atoms with Crippen molar-refractivity contribution in [2.24, 2.45) is 11.8 Å². The van der Waals surface area contributed by atoms with Gasteiger partial charge < -0.3 is 0 Å². The van der Waals surface area contributed by atoms with Gasteiger partial charge in [0.25, 0.3) is 0 Å². The van der Waals surface area contributed by atoms with Gasteiger partial charge in [-0.1, -0.05) is 257 Å². The third-order valence-corrected chi connectivity index (χ3v) is 23.6. The lowest BCUT2D eigenvalue weighted by atomic mass is 9.66. The van der Waals surface area contributed by atoms with Gasteiger partial charge in [0.15, 0.2) is 9.66 Å². The number of thiazole rings is 2. The maximum Gasteiger partial charge on any atom is 0.155 e. The molecule has 2 atom stereocenters. The van der Waals surface area contributed by atoms with E-state index in [1.54, 1.807) is 20.9 Å². The summed E-state index contributed by atoms with van der Waals surface area (Å²) in [5.74, 6) is 1.53. The zero-order valence-electron chi connectivity index (χ0n) is 46.9. The Bertz CT molecular complexity index is 2370. The molecule has 6 aromatic rings. The van der Waals surface area contributed by atoms with Crippen LogP contribution in [0.2, 0.25) is 0 Å². The highest BCUT2D eigenvalue weighted by atomic mass is 32.1. The van der Waals surface area contributed by atoms with E-state index in [0.29, 0.717) is 0 Å². The summed E-state index contributed by atoms with van der Waals surface area (Å²) in [4.78, 5) is 22.0. The molecule has 6 aromatic heterocycles. The second kappa shape index (κ2) is 32.3. The van der Waals surface area contributed by atoms with Gasteiger partial charge in [-0.2, -0.15) is 0 Å². The lowest BCUT2D eigenvalue weighted by molar-refractivity contribution is 0.266. The highest BCUT2D eigenvalue weighted by Gasteiger charge is 2.47. The molecule has 8 heteroatoms. The first-order valence-electron chi connectivity index (χ1n) is 30.7. The molecule has 0 saturated heterocycles. The minimum atomic E-state index is 0.123. The van der Waals surface area contributed by atoms with E-state index in [9.17, 15) is 0 Å². The van der Waals surface area contributed by atoms with E-state index in [-0.39, 0.29) is 5.41 Å². The summed E-state index contributed by atoms with van der Waals surface area (Å²) < 4.78 is 0. The largest absolute Gasteiger partial charge is 0.222 e. The summed E-state index contributed by atoms with van der Waals surface area (Å²) >= 11 is 11.7. The summed E-state index contributed by atoms with van der Waals surface area (Å²) in [5.41, 5.74) is 6.48. The predicted octanol–water partition coefficient (Wildman–Crippen LogP) is 25.0. The molecule has 404 valence electrons. The number of unbranched alkanes of at least 4 members (excludes halogenated alkanes) is 24. The molecule has 7 rings (SSSR count). The Morgan fingerprint density at radius 3 is 1.33 bits per heavy atom. The van der Waals surface area contributed by atoms with Crippen LogP contribution in [0.1, 0.15) is 282 Å². The Morgan fingerprint density at radius 2 is 0.822 bits per heavy atom. The molecule has 0 radical (unpaired) electrons. The van der Waals surface area contributed by atoms with E-state index < -0.39 is 0 Å². The van der Waals surface area contributed by atoms with Gasteiger partial charge in [-0.05, 0) is 108 Å². The van der Waals surface area contributed by atoms with E-state index in [2.05, 4.69) is 87.9 Å². The molecule has 2 unspecified atom stereocenters. The van der Waals surface area contributed by atoms with Crippen LogP contribution in [0.3, 0.4) is 0 Å². The second-order valence-corrected chi connectivity index (χ2v) is 28.4. The fourth-order valence-corrected chi connectivity index (χ4v) is 19.2. The fourth-order valence-electron chi connectivity index (χ4n) is 12.2. The molecule has 1 aliphatic carbocycles. The topological polar surface area (TPSA) is 25.8 Å². The Balaban J connectivity index is 1.08. The first kappa shape index (κ1) is 59.0. The number of aromatic nitrogens is 2. The Hall–Kier alpha value is -1.68. The van der Waals surface area contributed by atoms with E-state index in [1.165, 1.54) is 265 Å². The van der Waals surface area contributed by atoms with Gasteiger partial charge in [0, 0.05) is 24.9 Å². The van der Waals surface area contributed by atoms with Gasteiger partial charge >= 0.3 is 0 Å². The van der Waals surface area contributed by atoms with Gasteiger partial charge in [-0.15, -0.1) is 45.3 Å². The normalized spacial score (nSPS) is 15.3. The van der Waals surface area contributed by atoms with Crippen LogP contribution >= 0.6 is 68.0 Å². The Kier molecular flexibility index (Phi) is 26.1. The van der Waals surface area contributed by atoms with Crippen LogP contribution in [0, 0.1) is 11.8 Å². The van der Waals surface area contributed by atoms with Crippen molar-refractivity contribution in [3.63, 3.8) is 0 Å². The molecule has 0 saturated carbocycles. The van der Waals surface area contributed by atoms with Crippen molar-refractivity contribution in [1.29, 1.82) is 0 Å². The van der Waals surface area contributed by atoms with E-state index in [4.69, 9.17) is 9.97 Å². The first-order chi connectivity index (χ1) is 36.0. The van der Waals surface area contributed by atoms with Crippen LogP contribution in [0.4, 0.5) is 0 Å². The molecule has 0 bridgehead atoms. The standard InChI is InChI=1S/C65H98N2S6/c1-7-13-17-19-21-23-25-27-29-31-33-35-39-51-41-43-68-57(51)61-66-63-64(72-61)67-62(73-63)58-52(40-36-34-32-30-28-26-24-22-20-18-14-8-2)45-55(70-58)56-46-54-60(71-56)59-53(42-44-69-59)65(54,47-49(11-5)37-15-9-3)48-50(12-6)38-16-10-4/h41-46,49-50H,7-40,47-48H2,1-6H3. The van der Waals surface area contributed by atoms with Crippen molar-refractivity contribution >= 4 is 77.7 Å². The number of fused-ring (bicyclic) bond motifs is 4. The van der Waals surface area contributed by atoms with Crippen molar-refractivity contribution in [3.8, 4) is 39.3 Å². The maximum atomic E-state index is 5.48. The van der Waals surface area contributed by atoms with E-state index >= 15 is 0 Å². The fraction of sp³-hybridized carbons (Fsp3) is 0.692. The van der Waals surface area contributed by atoms with E-state index in [0.717, 1.165) is 27.9 Å². The lowest BCUT2D eigenvalue weighted by Gasteiger charge is -2.37. The molecular formula is C65H98N2S6. The number of hydrogen-bond acceptors (Lipinski definition) is 8. The Morgan fingerprint density at radius 1 is 0.397 bits per heavy atom. The van der Waals surface area contributed by atoms with Gasteiger partial charge in [-0.3, -0.25) is 0 Å². The van der Waals surface area contributed by atoms with Crippen molar-refractivity contribution in [2.45, 2.75) is 278 Å². The van der Waals surface area contributed by atoms with Crippen molar-refractivity contribution in [3.05, 3.63) is 57.3 Å². The average molecular weight is 1100 g/mol. The summed E-state index contributed by atoms with van der Waals surface area (Å²) in [6.07, 6.45) is 48.9. The van der Waals surface area contributed by atoms with Crippen LogP contribution in [0.25, 0.3) is 48.9 Å². The smallest absolute Gasteiger partial charge is 0.155 e. The SMILES string of the molecule is CCCCCCCCCCCCCCc1ccsc1-c1nc2sc(-c3sc(-c4cc5c(s4)-c4sccc4C5(CC(CC)CCCC)CC(CC)CCCC)cc3CCCCCCCCCCCCCC)nc2s1. The molecule has 0 aromatic carbocycles. The molecule has 0 aliphatic heterocycles. The van der Waals surface area contributed by atoms with Crippen LogP contribution in [-0.4, -0.2) is 9.97 Å². The van der Waals surface area contributed by atoms with Gasteiger partial charge in [0.05, 0.1) is 9.75 Å². The zero-order chi connectivity index (χ0) is 51.1. The minimum absolute atomic E-state index is 0.123. The molecular weight excluding hydrogens is 1000 g/mol. The summed E-state index contributed by atoms with van der Waals surface area (Å²) in [7, 11) is 0. The van der Waals surface area contributed by atoms with Crippen molar-refractivity contribution in [1.82, 2.24) is 9.97 Å². The molecule has 6 heterocycles. The molecule has 0 amide bonds. The number of hydrogen-bond donors (Lipinski definition) is 0. The highest BCUT2D eigenvalue weighted by molar-refractivity contribution is 7.33. The molecule has 0 N–H and O–H groups in total. The van der Waals surface area contributed by atoms with Crippen LogP contribution < -0.4 is 0 Å². The Labute approximate surface area is 470 Å². The monoisotopic (exact) mass is 1100 g/mol. The summed E-state index contributed by atoms with van der Waals surface area (Å²) in [5, 5.41) is 7.08. The van der Waals surface area contributed by atoms with Crippen molar-refractivity contribution in [2.75, 3.05) is 0 Å². The summed E-state index contributed by atoms with van der Waals surface area (Å²) in [6, 6.07) is 10.3. The average Bonchev–Trinajstić information content (AvgIpc) is 4.28. The van der Waals surface area contributed by atoms with Gasteiger partial charge in [0.1, 0.15) is 10.0 Å². The zero-order valence-corrected chi connectivity index (χ0v) is 51.8. The van der Waals surface area contributed by atoms with Crippen LogP contribution in [0.5, 0.6) is 0 Å². The lowest BCUT2D eigenvalue weighted by Crippen LogP contribution is -2.31. The maximum absolute atomic E-state index is 5.48.